The topological polar surface area (TPSA) is 64.7 Å². The van der Waals surface area contributed by atoms with E-state index in [1.165, 1.54) is 4.68 Å². The molecule has 0 saturated carbocycles. The predicted octanol–water partition coefficient (Wildman–Crippen LogP) is 6.21. The Morgan fingerprint density at radius 3 is 2.34 bits per heavy atom. The third-order valence-electron chi connectivity index (χ3n) is 4.64. The van der Waals surface area contributed by atoms with E-state index in [0.29, 0.717) is 40.0 Å². The lowest BCUT2D eigenvalue weighted by molar-refractivity contribution is -0.111. The van der Waals surface area contributed by atoms with Crippen LogP contribution in [0.15, 0.2) is 72.4 Å². The molecule has 0 bridgehead atoms. The molecule has 0 aliphatic heterocycles. The highest BCUT2D eigenvalue weighted by molar-refractivity contribution is 8.45. The number of aromatic nitrogens is 4. The minimum absolute atomic E-state index is 0.151. The molecule has 32 heavy (non-hydrogen) atoms. The molecular weight excluding hydrogens is 453 g/mol. The molecule has 2 aromatic heterocycles. The summed E-state index contributed by atoms with van der Waals surface area (Å²) in [6.45, 7) is 3.39. The Kier molecular flexibility index (Phi) is 4.32. The largest absolute Gasteiger partial charge is 0.323 e. The van der Waals surface area contributed by atoms with Gasteiger partial charge in [0.05, 0.1) is 17.4 Å². The number of aryl methyl sites for hydroxylation is 1. The molecule has 0 fully saturated rings. The van der Waals surface area contributed by atoms with Gasteiger partial charge in [-0.3, -0.25) is 9.48 Å². The number of carbonyl (C=O) groups is 1. The Bertz CT molecular complexity index is 1370. The fourth-order valence-corrected chi connectivity index (χ4v) is 3.84. The summed E-state index contributed by atoms with van der Waals surface area (Å²) in [5.41, 5.74) is 2.15. The van der Waals surface area contributed by atoms with Gasteiger partial charge in [0.25, 0.3) is 0 Å². The molecule has 0 aliphatic rings. The van der Waals surface area contributed by atoms with E-state index >= 15 is 0 Å². The number of benzene rings is 2. The number of rotatable bonds is 5. The van der Waals surface area contributed by atoms with Crippen LogP contribution >= 0.6 is 10.2 Å². The zero-order valence-electron chi connectivity index (χ0n) is 16.5. The maximum atomic E-state index is 13.1. The molecule has 2 heterocycles. The van der Waals surface area contributed by atoms with Crippen LogP contribution in [0, 0.1) is 0 Å². The van der Waals surface area contributed by atoms with Crippen LogP contribution in [0.1, 0.15) is 0 Å². The third kappa shape index (κ3) is 4.08. The summed E-state index contributed by atoms with van der Waals surface area (Å²) in [6, 6.07) is 7.38. The average Bonchev–Trinajstić information content (AvgIpc) is 3.29. The number of nitrogens with zero attached hydrogens (tertiary/aromatic N) is 4. The van der Waals surface area contributed by atoms with Gasteiger partial charge in [0.1, 0.15) is 10.6 Å². The normalized spacial score (nSPS) is 14.1. The molecule has 6 nitrogen and oxygen atoms in total. The number of halogens is 5. The first-order chi connectivity index (χ1) is 14.7. The lowest BCUT2D eigenvalue weighted by Gasteiger charge is -2.40. The highest BCUT2D eigenvalue weighted by atomic mass is 32.5. The fraction of sp³-hybridized carbons (Fsp3) is 0.0500. The molecule has 0 saturated heterocycles. The number of nitrogens with one attached hydrogen (secondary N) is 1. The molecule has 0 unspecified atom stereocenters. The summed E-state index contributed by atoms with van der Waals surface area (Å²) in [5.74, 6) is -0.425. The van der Waals surface area contributed by atoms with E-state index in [1.54, 1.807) is 42.3 Å². The maximum absolute atomic E-state index is 13.1. The van der Waals surface area contributed by atoms with Crippen LogP contribution in [0.25, 0.3) is 27.8 Å². The lowest BCUT2D eigenvalue weighted by Crippen LogP contribution is -2.07. The Balaban J connectivity index is 1.89. The second-order valence-electron chi connectivity index (χ2n) is 7.05. The van der Waals surface area contributed by atoms with Crippen LogP contribution in [-0.2, 0) is 11.8 Å². The van der Waals surface area contributed by atoms with Gasteiger partial charge in [-0.05, 0) is 48.5 Å². The first kappa shape index (κ1) is 21.6. The monoisotopic (exact) mass is 469 g/mol. The number of carbonyl (C=O) groups excluding carboxylic acids is 1. The molecular formula is C20H16F5N5OS. The van der Waals surface area contributed by atoms with Crippen molar-refractivity contribution in [2.75, 3.05) is 5.32 Å². The molecule has 4 aromatic rings. The van der Waals surface area contributed by atoms with Crippen molar-refractivity contribution < 1.29 is 24.2 Å². The summed E-state index contributed by atoms with van der Waals surface area (Å²) in [6.07, 6.45) is 4.35. The molecule has 0 spiro atoms. The van der Waals surface area contributed by atoms with Crippen molar-refractivity contribution in [3.05, 3.63) is 67.5 Å². The number of fused-ring (bicyclic) bond motifs is 1. The van der Waals surface area contributed by atoms with E-state index in [0.717, 1.165) is 18.2 Å². The third-order valence-corrected chi connectivity index (χ3v) is 5.80. The van der Waals surface area contributed by atoms with Crippen molar-refractivity contribution in [2.45, 2.75) is 4.90 Å². The molecule has 1 amide bonds. The quantitative estimate of drug-likeness (QED) is 0.279. The van der Waals surface area contributed by atoms with E-state index in [1.807, 2.05) is 0 Å². The SMILES string of the molecule is C=CC(=O)Nc1ccc2c(c1)c(-c1cnn(C)c1)nn2-c1ccc(S(F)(F)(F)(F)F)cc1. The van der Waals surface area contributed by atoms with Gasteiger partial charge in [0.15, 0.2) is 0 Å². The van der Waals surface area contributed by atoms with Crippen LogP contribution in [0.5, 0.6) is 0 Å². The highest BCUT2D eigenvalue weighted by Crippen LogP contribution is 3.02. The van der Waals surface area contributed by atoms with Crippen LogP contribution in [0.3, 0.4) is 0 Å². The van der Waals surface area contributed by atoms with Crippen molar-refractivity contribution >= 4 is 32.7 Å². The predicted molar refractivity (Wildman–Crippen MR) is 113 cm³/mol. The fourth-order valence-electron chi connectivity index (χ4n) is 3.19. The minimum atomic E-state index is -9.78. The molecule has 1 N–H and O–H groups in total. The zero-order valence-corrected chi connectivity index (χ0v) is 17.3. The van der Waals surface area contributed by atoms with Gasteiger partial charge < -0.3 is 5.32 Å². The first-order valence-corrected chi connectivity index (χ1v) is 11.0. The number of amides is 1. The smallest absolute Gasteiger partial charge is 0.310 e. The summed E-state index contributed by atoms with van der Waals surface area (Å²) in [4.78, 5) is 9.67. The summed E-state index contributed by atoms with van der Waals surface area (Å²) >= 11 is 0. The summed E-state index contributed by atoms with van der Waals surface area (Å²) < 4.78 is 68.2. The van der Waals surface area contributed by atoms with Gasteiger partial charge in [0.2, 0.25) is 5.91 Å². The maximum Gasteiger partial charge on any atom is 0.310 e. The van der Waals surface area contributed by atoms with Crippen LogP contribution in [0.2, 0.25) is 0 Å². The standard InChI is InChI=1S/C20H16F5N5OS/c1-3-19(31)27-14-4-9-18-17(10-14)20(13-11-26-29(2)12-13)28-30(18)15-5-7-16(8-6-15)32(21,22,23,24)25/h3-12H,1H2,2H3,(H,27,31). The van der Waals surface area contributed by atoms with Gasteiger partial charge in [-0.2, -0.15) is 10.2 Å². The Labute approximate surface area is 178 Å². The van der Waals surface area contributed by atoms with Crippen molar-refractivity contribution in [1.29, 1.82) is 0 Å². The molecule has 0 radical (unpaired) electrons. The number of hydrogen-bond acceptors (Lipinski definition) is 3. The van der Waals surface area contributed by atoms with Crippen molar-refractivity contribution in [1.82, 2.24) is 19.6 Å². The lowest BCUT2D eigenvalue weighted by atomic mass is 10.1. The van der Waals surface area contributed by atoms with E-state index in [4.69, 9.17) is 0 Å². The molecule has 2 aromatic carbocycles. The van der Waals surface area contributed by atoms with Gasteiger partial charge in [-0.15, -0.1) is 0 Å². The van der Waals surface area contributed by atoms with Crippen LogP contribution in [0.4, 0.5) is 25.1 Å². The zero-order chi connectivity index (χ0) is 23.4. The van der Waals surface area contributed by atoms with Gasteiger partial charge in [-0.1, -0.05) is 26.0 Å². The Morgan fingerprint density at radius 1 is 1.09 bits per heavy atom. The minimum Gasteiger partial charge on any atom is -0.323 e. The van der Waals surface area contributed by atoms with E-state index in [9.17, 15) is 24.2 Å². The summed E-state index contributed by atoms with van der Waals surface area (Å²) in [5, 5.41) is 11.8. The molecule has 4 rings (SSSR count). The van der Waals surface area contributed by atoms with Crippen LogP contribution in [-0.4, -0.2) is 25.5 Å². The Hall–Kier alpha value is -3.67. The molecule has 0 aliphatic carbocycles. The summed E-state index contributed by atoms with van der Waals surface area (Å²) in [7, 11) is -8.08. The molecule has 0 atom stereocenters. The molecule has 168 valence electrons. The van der Waals surface area contributed by atoms with Crippen LogP contribution < -0.4 is 5.32 Å². The van der Waals surface area contributed by atoms with Gasteiger partial charge >= 0.3 is 10.2 Å². The van der Waals surface area contributed by atoms with Gasteiger partial charge in [-0.25, -0.2) is 4.68 Å². The van der Waals surface area contributed by atoms with E-state index in [2.05, 4.69) is 22.1 Å². The number of hydrogen-bond donors (Lipinski definition) is 1. The van der Waals surface area contributed by atoms with Gasteiger partial charge in [0, 0.05) is 29.9 Å². The van der Waals surface area contributed by atoms with Crippen molar-refractivity contribution in [3.8, 4) is 16.9 Å². The van der Waals surface area contributed by atoms with Crippen molar-refractivity contribution in [2.24, 2.45) is 7.05 Å². The Morgan fingerprint density at radius 2 is 1.78 bits per heavy atom. The van der Waals surface area contributed by atoms with E-state index in [-0.39, 0.29) is 5.69 Å². The number of anilines is 1. The van der Waals surface area contributed by atoms with Crippen molar-refractivity contribution in [3.63, 3.8) is 0 Å². The highest BCUT2D eigenvalue weighted by Gasteiger charge is 2.65. The second kappa shape index (κ2) is 6.42. The molecule has 12 heteroatoms. The average molecular weight is 469 g/mol. The first-order valence-electron chi connectivity index (χ1n) is 9.05. The second-order valence-corrected chi connectivity index (χ2v) is 9.46. The van der Waals surface area contributed by atoms with E-state index < -0.39 is 21.0 Å².